The molecule has 0 bridgehead atoms. The summed E-state index contributed by atoms with van der Waals surface area (Å²) in [7, 11) is 0. The molecule has 8 heteroatoms. The molecular formula is C17H13N3O5. The first-order chi connectivity index (χ1) is 12.0. The summed E-state index contributed by atoms with van der Waals surface area (Å²) in [6.45, 7) is 1.57. The van der Waals surface area contributed by atoms with Gasteiger partial charge in [0.2, 0.25) is 0 Å². The maximum Gasteiger partial charge on any atom is 0.321 e. The Bertz CT molecular complexity index is 858. The van der Waals surface area contributed by atoms with Gasteiger partial charge in [0.1, 0.15) is 5.69 Å². The summed E-state index contributed by atoms with van der Waals surface area (Å²) in [4.78, 5) is 39.6. The third-order valence-electron chi connectivity index (χ3n) is 3.37. The normalized spacial score (nSPS) is 11.2. The SMILES string of the molecule is CCOC(=O)C(C(=O)c1ccccn1)c1ccc(C#N)cc1[N+](=O)[O-]. The summed E-state index contributed by atoms with van der Waals surface area (Å²) in [6, 6.07) is 9.90. The molecule has 0 N–H and O–H groups in total. The summed E-state index contributed by atoms with van der Waals surface area (Å²) in [5.41, 5.74) is -0.609. The monoisotopic (exact) mass is 339 g/mol. The second-order valence-corrected chi connectivity index (χ2v) is 4.91. The van der Waals surface area contributed by atoms with E-state index < -0.39 is 28.3 Å². The number of rotatable bonds is 6. The Kier molecular flexibility index (Phi) is 5.53. The molecule has 1 atom stereocenters. The highest BCUT2D eigenvalue weighted by molar-refractivity contribution is 6.12. The van der Waals surface area contributed by atoms with E-state index in [2.05, 4.69) is 4.98 Å². The van der Waals surface area contributed by atoms with Gasteiger partial charge in [-0.15, -0.1) is 0 Å². The van der Waals surface area contributed by atoms with Crippen molar-refractivity contribution in [3.8, 4) is 6.07 Å². The Morgan fingerprint density at radius 2 is 2.12 bits per heavy atom. The third kappa shape index (κ3) is 3.84. The van der Waals surface area contributed by atoms with Crippen LogP contribution in [-0.4, -0.2) is 28.3 Å². The number of carbonyl (C=O) groups is 2. The molecule has 0 spiro atoms. The summed E-state index contributed by atoms with van der Waals surface area (Å²) in [5.74, 6) is -3.17. The number of ketones is 1. The first-order valence-electron chi connectivity index (χ1n) is 7.30. The van der Waals surface area contributed by atoms with Crippen LogP contribution in [-0.2, 0) is 9.53 Å². The van der Waals surface area contributed by atoms with Gasteiger partial charge in [0.25, 0.3) is 5.69 Å². The molecule has 25 heavy (non-hydrogen) atoms. The molecule has 0 aliphatic carbocycles. The number of Topliss-reactive ketones (excluding diaryl/α,β-unsaturated/α-hetero) is 1. The number of nitro benzene ring substituents is 1. The Labute approximate surface area is 142 Å². The minimum Gasteiger partial charge on any atom is -0.465 e. The molecule has 1 heterocycles. The average molecular weight is 339 g/mol. The van der Waals surface area contributed by atoms with E-state index in [0.717, 1.165) is 6.07 Å². The Morgan fingerprint density at radius 3 is 2.68 bits per heavy atom. The molecule has 0 aliphatic heterocycles. The highest BCUT2D eigenvalue weighted by Gasteiger charge is 2.36. The van der Waals surface area contributed by atoms with E-state index in [9.17, 15) is 19.7 Å². The minimum atomic E-state index is -1.54. The second kappa shape index (κ2) is 7.79. The second-order valence-electron chi connectivity index (χ2n) is 4.91. The van der Waals surface area contributed by atoms with Gasteiger partial charge >= 0.3 is 5.97 Å². The molecule has 126 valence electrons. The lowest BCUT2D eigenvalue weighted by atomic mass is 9.90. The average Bonchev–Trinajstić information content (AvgIpc) is 2.62. The minimum absolute atomic E-state index is 0.00884. The van der Waals surface area contributed by atoms with E-state index in [1.807, 2.05) is 0 Å². The van der Waals surface area contributed by atoms with Gasteiger partial charge in [0.05, 0.1) is 28.7 Å². The van der Waals surface area contributed by atoms with Crippen LogP contribution in [0.3, 0.4) is 0 Å². The lowest BCUT2D eigenvalue weighted by molar-refractivity contribution is -0.385. The molecule has 0 amide bonds. The van der Waals surface area contributed by atoms with Crippen LogP contribution < -0.4 is 0 Å². The topological polar surface area (TPSA) is 123 Å². The molecule has 8 nitrogen and oxygen atoms in total. The zero-order chi connectivity index (χ0) is 18.4. The van der Waals surface area contributed by atoms with E-state index in [0.29, 0.717) is 0 Å². The van der Waals surface area contributed by atoms with E-state index in [1.54, 1.807) is 25.1 Å². The molecule has 2 rings (SSSR count). The van der Waals surface area contributed by atoms with Crippen LogP contribution in [0.2, 0.25) is 0 Å². The van der Waals surface area contributed by atoms with Crippen molar-refractivity contribution >= 4 is 17.4 Å². The van der Waals surface area contributed by atoms with Crippen LogP contribution in [0, 0.1) is 21.4 Å². The maximum atomic E-state index is 12.7. The van der Waals surface area contributed by atoms with Crippen LogP contribution in [0.25, 0.3) is 0 Å². The maximum absolute atomic E-state index is 12.7. The Morgan fingerprint density at radius 1 is 1.36 bits per heavy atom. The molecule has 0 saturated carbocycles. The van der Waals surface area contributed by atoms with Crippen molar-refractivity contribution < 1.29 is 19.2 Å². The van der Waals surface area contributed by atoms with Crippen molar-refractivity contribution in [3.63, 3.8) is 0 Å². The van der Waals surface area contributed by atoms with Gasteiger partial charge in [0, 0.05) is 12.3 Å². The zero-order valence-electron chi connectivity index (χ0n) is 13.2. The molecule has 2 aromatic rings. The molecule has 1 unspecified atom stereocenters. The molecular weight excluding hydrogens is 326 g/mol. The van der Waals surface area contributed by atoms with Crippen LogP contribution in [0.5, 0.6) is 0 Å². The smallest absolute Gasteiger partial charge is 0.321 e. The standard InChI is InChI=1S/C17H13N3O5/c1-2-25-17(22)15(16(21)13-5-3-4-8-19-13)12-7-6-11(10-18)9-14(12)20(23)24/h3-9,15H,2H2,1H3. The van der Waals surface area contributed by atoms with Crippen molar-refractivity contribution in [1.29, 1.82) is 5.26 Å². The van der Waals surface area contributed by atoms with Crippen LogP contribution >= 0.6 is 0 Å². The molecule has 0 aliphatic rings. The predicted octanol–water partition coefficient (Wildman–Crippen LogP) is 2.39. The van der Waals surface area contributed by atoms with Gasteiger partial charge in [0.15, 0.2) is 11.7 Å². The van der Waals surface area contributed by atoms with Gasteiger partial charge in [-0.25, -0.2) is 0 Å². The lowest BCUT2D eigenvalue weighted by Gasteiger charge is -2.15. The fourth-order valence-electron chi connectivity index (χ4n) is 2.27. The Hall–Kier alpha value is -3.60. The van der Waals surface area contributed by atoms with E-state index in [1.165, 1.54) is 24.4 Å². The summed E-state index contributed by atoms with van der Waals surface area (Å²) >= 11 is 0. The molecule has 1 aromatic heterocycles. The Balaban J connectivity index is 2.61. The van der Waals surface area contributed by atoms with Crippen molar-refractivity contribution in [2.45, 2.75) is 12.8 Å². The highest BCUT2D eigenvalue weighted by atomic mass is 16.6. The largest absolute Gasteiger partial charge is 0.465 e. The number of carbonyl (C=O) groups excluding carboxylic acids is 2. The molecule has 0 radical (unpaired) electrons. The summed E-state index contributed by atoms with van der Waals surface area (Å²) < 4.78 is 4.92. The fraction of sp³-hybridized carbons (Fsp3) is 0.176. The predicted molar refractivity (Wildman–Crippen MR) is 85.8 cm³/mol. The van der Waals surface area contributed by atoms with E-state index in [-0.39, 0.29) is 23.4 Å². The van der Waals surface area contributed by atoms with Gasteiger partial charge in [-0.05, 0) is 31.2 Å². The zero-order valence-corrected chi connectivity index (χ0v) is 13.2. The van der Waals surface area contributed by atoms with Crippen LogP contribution in [0.4, 0.5) is 5.69 Å². The van der Waals surface area contributed by atoms with E-state index in [4.69, 9.17) is 10.00 Å². The fourth-order valence-corrected chi connectivity index (χ4v) is 2.27. The molecule has 0 saturated heterocycles. The van der Waals surface area contributed by atoms with Gasteiger partial charge in [-0.2, -0.15) is 5.26 Å². The number of nitriles is 1. The number of esters is 1. The number of benzene rings is 1. The quantitative estimate of drug-likeness (QED) is 0.260. The van der Waals surface area contributed by atoms with Gasteiger partial charge < -0.3 is 4.74 Å². The third-order valence-corrected chi connectivity index (χ3v) is 3.37. The number of nitro groups is 1. The summed E-state index contributed by atoms with van der Waals surface area (Å²) in [5, 5.41) is 20.3. The number of hydrogen-bond donors (Lipinski definition) is 0. The van der Waals surface area contributed by atoms with E-state index >= 15 is 0 Å². The first-order valence-corrected chi connectivity index (χ1v) is 7.30. The number of hydrogen-bond acceptors (Lipinski definition) is 7. The van der Waals surface area contributed by atoms with Crippen LogP contribution in [0.1, 0.15) is 34.5 Å². The number of ether oxygens (including phenoxy) is 1. The number of nitrogens with zero attached hydrogens (tertiary/aromatic N) is 3. The highest BCUT2D eigenvalue weighted by Crippen LogP contribution is 2.31. The van der Waals surface area contributed by atoms with Crippen molar-refractivity contribution in [1.82, 2.24) is 4.98 Å². The van der Waals surface area contributed by atoms with Crippen LogP contribution in [0.15, 0.2) is 42.6 Å². The number of aromatic nitrogens is 1. The molecule has 1 aromatic carbocycles. The molecule has 0 fully saturated rings. The summed E-state index contributed by atoms with van der Waals surface area (Å²) in [6.07, 6.45) is 1.38. The van der Waals surface area contributed by atoms with Gasteiger partial charge in [-0.1, -0.05) is 6.07 Å². The lowest BCUT2D eigenvalue weighted by Crippen LogP contribution is -2.26. The van der Waals surface area contributed by atoms with Crippen molar-refractivity contribution in [2.24, 2.45) is 0 Å². The van der Waals surface area contributed by atoms with Gasteiger partial charge in [-0.3, -0.25) is 24.7 Å². The van der Waals surface area contributed by atoms with Crippen molar-refractivity contribution in [3.05, 3.63) is 69.5 Å². The first kappa shape index (κ1) is 17.7. The number of pyridine rings is 1. The van der Waals surface area contributed by atoms with Crippen molar-refractivity contribution in [2.75, 3.05) is 6.61 Å².